The third kappa shape index (κ3) is 5.77. The molecule has 5 nitrogen and oxygen atoms in total. The summed E-state index contributed by atoms with van der Waals surface area (Å²) in [5, 5.41) is 6.29. The molecule has 2 aromatic rings. The fourth-order valence-corrected chi connectivity index (χ4v) is 2.29. The van der Waals surface area contributed by atoms with Crippen LogP contribution in [0.2, 0.25) is 5.02 Å². The van der Waals surface area contributed by atoms with Crippen LogP contribution >= 0.6 is 23.8 Å². The summed E-state index contributed by atoms with van der Waals surface area (Å²) in [6, 6.07) is 12.3. The minimum absolute atomic E-state index is 0.161. The van der Waals surface area contributed by atoms with E-state index < -0.39 is 0 Å². The number of benzene rings is 2. The second kappa shape index (κ2) is 9.05. The van der Waals surface area contributed by atoms with Crippen molar-refractivity contribution in [3.63, 3.8) is 0 Å². The van der Waals surface area contributed by atoms with Gasteiger partial charge in [0.2, 0.25) is 5.91 Å². The zero-order valence-corrected chi connectivity index (χ0v) is 15.3. The average Bonchev–Trinajstić information content (AvgIpc) is 2.61. The lowest BCUT2D eigenvalue weighted by Crippen LogP contribution is -2.32. The number of anilines is 1. The zero-order chi connectivity index (χ0) is 18.2. The minimum Gasteiger partial charge on any atom is -0.497 e. The lowest BCUT2D eigenvalue weighted by Gasteiger charge is -2.13. The maximum Gasteiger partial charge on any atom is 0.250 e. The molecule has 0 spiro atoms. The van der Waals surface area contributed by atoms with Crippen LogP contribution < -0.4 is 20.1 Å². The second-order valence-electron chi connectivity index (χ2n) is 4.89. The second-order valence-corrected chi connectivity index (χ2v) is 5.74. The minimum atomic E-state index is -0.347. The summed E-state index contributed by atoms with van der Waals surface area (Å²) in [5.41, 5.74) is 1.48. The fraction of sp³-hybridized carbons (Fsp3) is 0.111. The van der Waals surface area contributed by atoms with Crippen LogP contribution in [0, 0.1) is 0 Å². The fourth-order valence-electron chi connectivity index (χ4n) is 1.95. The van der Waals surface area contributed by atoms with Crippen molar-refractivity contribution in [2.24, 2.45) is 0 Å². The molecule has 0 saturated carbocycles. The van der Waals surface area contributed by atoms with E-state index in [1.165, 1.54) is 13.2 Å². The van der Waals surface area contributed by atoms with Gasteiger partial charge in [-0.2, -0.15) is 0 Å². The maximum absolute atomic E-state index is 11.9. The Balaban J connectivity index is 1.95. The summed E-state index contributed by atoms with van der Waals surface area (Å²) >= 11 is 11.0. The number of thiocarbonyl (C=S) groups is 1. The van der Waals surface area contributed by atoms with Crippen molar-refractivity contribution in [2.45, 2.75) is 0 Å². The Hall–Kier alpha value is -2.57. The van der Waals surface area contributed by atoms with Crippen LogP contribution in [0.4, 0.5) is 5.69 Å². The SMILES string of the molecule is COc1ccc(NC(=S)NC(=O)/C=C/c2ccc(Cl)cc2)c(OC)c1. The van der Waals surface area contributed by atoms with Gasteiger partial charge in [-0.3, -0.25) is 10.1 Å². The Labute approximate surface area is 156 Å². The van der Waals surface area contributed by atoms with Crippen LogP contribution in [0.15, 0.2) is 48.5 Å². The van der Waals surface area contributed by atoms with E-state index in [0.29, 0.717) is 22.2 Å². The number of rotatable bonds is 5. The lowest BCUT2D eigenvalue weighted by atomic mass is 10.2. The molecule has 1 amide bonds. The van der Waals surface area contributed by atoms with Crippen molar-refractivity contribution >= 4 is 46.6 Å². The molecule has 25 heavy (non-hydrogen) atoms. The average molecular weight is 377 g/mol. The summed E-state index contributed by atoms with van der Waals surface area (Å²) in [6.07, 6.45) is 3.06. The van der Waals surface area contributed by atoms with Crippen LogP contribution in [-0.2, 0) is 4.79 Å². The highest BCUT2D eigenvalue weighted by atomic mass is 35.5. The van der Waals surface area contributed by atoms with E-state index in [1.807, 2.05) is 12.1 Å². The molecule has 0 saturated heterocycles. The van der Waals surface area contributed by atoms with E-state index >= 15 is 0 Å². The summed E-state index contributed by atoms with van der Waals surface area (Å²) in [6.45, 7) is 0. The number of nitrogens with one attached hydrogen (secondary N) is 2. The van der Waals surface area contributed by atoms with Gasteiger partial charge in [0.1, 0.15) is 11.5 Å². The summed E-state index contributed by atoms with van der Waals surface area (Å²) in [5.74, 6) is 0.857. The monoisotopic (exact) mass is 376 g/mol. The van der Waals surface area contributed by atoms with Crippen LogP contribution in [0.25, 0.3) is 6.08 Å². The molecule has 7 heteroatoms. The first-order chi connectivity index (χ1) is 12.0. The standard InChI is InChI=1S/C18H17ClN2O3S/c1-23-14-8-9-15(16(11-14)24-2)20-18(25)21-17(22)10-5-12-3-6-13(19)7-4-12/h3-11H,1-2H3,(H2,20,21,22,25)/b10-5+. The number of halogens is 1. The van der Waals surface area contributed by atoms with Crippen molar-refractivity contribution < 1.29 is 14.3 Å². The quantitative estimate of drug-likeness (QED) is 0.612. The molecule has 2 aromatic carbocycles. The summed E-state index contributed by atoms with van der Waals surface area (Å²) in [7, 11) is 3.11. The predicted molar refractivity (Wildman–Crippen MR) is 104 cm³/mol. The molecular formula is C18H17ClN2O3S. The highest BCUT2D eigenvalue weighted by Crippen LogP contribution is 2.28. The Kier molecular flexibility index (Phi) is 6.80. The van der Waals surface area contributed by atoms with Gasteiger partial charge in [-0.05, 0) is 48.1 Å². The maximum atomic E-state index is 11.9. The van der Waals surface area contributed by atoms with E-state index in [9.17, 15) is 4.79 Å². The van der Waals surface area contributed by atoms with E-state index in [2.05, 4.69) is 10.6 Å². The number of hydrogen-bond acceptors (Lipinski definition) is 4. The van der Waals surface area contributed by atoms with E-state index in [1.54, 1.807) is 43.5 Å². The zero-order valence-electron chi connectivity index (χ0n) is 13.7. The van der Waals surface area contributed by atoms with Gasteiger partial charge in [0.05, 0.1) is 19.9 Å². The summed E-state index contributed by atoms with van der Waals surface area (Å²) in [4.78, 5) is 11.9. The highest BCUT2D eigenvalue weighted by molar-refractivity contribution is 7.80. The molecule has 0 atom stereocenters. The molecule has 2 rings (SSSR count). The van der Waals surface area contributed by atoms with Crippen molar-refractivity contribution in [3.8, 4) is 11.5 Å². The Bertz CT molecular complexity index is 791. The summed E-state index contributed by atoms with van der Waals surface area (Å²) < 4.78 is 10.4. The van der Waals surface area contributed by atoms with Gasteiger partial charge in [0.15, 0.2) is 5.11 Å². The van der Waals surface area contributed by atoms with Gasteiger partial charge in [0.25, 0.3) is 0 Å². The van der Waals surface area contributed by atoms with Gasteiger partial charge in [-0.1, -0.05) is 23.7 Å². The Morgan fingerprint density at radius 1 is 1.12 bits per heavy atom. The van der Waals surface area contributed by atoms with E-state index in [4.69, 9.17) is 33.3 Å². The van der Waals surface area contributed by atoms with Crippen LogP contribution in [0.5, 0.6) is 11.5 Å². The number of methoxy groups -OCH3 is 2. The smallest absolute Gasteiger partial charge is 0.250 e. The Morgan fingerprint density at radius 3 is 2.48 bits per heavy atom. The largest absolute Gasteiger partial charge is 0.497 e. The van der Waals surface area contributed by atoms with Gasteiger partial charge in [-0.25, -0.2) is 0 Å². The van der Waals surface area contributed by atoms with Crippen molar-refractivity contribution in [1.29, 1.82) is 0 Å². The predicted octanol–water partition coefficient (Wildman–Crippen LogP) is 3.88. The topological polar surface area (TPSA) is 59.6 Å². The van der Waals surface area contributed by atoms with Crippen LogP contribution in [-0.4, -0.2) is 25.2 Å². The number of hydrogen-bond donors (Lipinski definition) is 2. The lowest BCUT2D eigenvalue weighted by molar-refractivity contribution is -0.115. The molecule has 0 aliphatic rings. The first kappa shape index (κ1) is 18.8. The molecule has 0 aromatic heterocycles. The third-order valence-corrected chi connectivity index (χ3v) is 3.65. The molecule has 0 unspecified atom stereocenters. The highest BCUT2D eigenvalue weighted by Gasteiger charge is 2.08. The first-order valence-corrected chi connectivity index (χ1v) is 8.08. The molecule has 0 aliphatic carbocycles. The molecule has 0 fully saturated rings. The number of carbonyl (C=O) groups excluding carboxylic acids is 1. The van der Waals surface area contributed by atoms with Crippen molar-refractivity contribution in [1.82, 2.24) is 5.32 Å². The molecule has 0 radical (unpaired) electrons. The van der Waals surface area contributed by atoms with Gasteiger partial charge in [-0.15, -0.1) is 0 Å². The number of ether oxygens (including phenoxy) is 2. The van der Waals surface area contributed by atoms with Crippen molar-refractivity contribution in [3.05, 3.63) is 59.1 Å². The molecule has 130 valence electrons. The van der Waals surface area contributed by atoms with Crippen molar-refractivity contribution in [2.75, 3.05) is 19.5 Å². The number of carbonyl (C=O) groups is 1. The van der Waals surface area contributed by atoms with E-state index in [-0.39, 0.29) is 11.0 Å². The third-order valence-electron chi connectivity index (χ3n) is 3.19. The first-order valence-electron chi connectivity index (χ1n) is 7.29. The van der Waals surface area contributed by atoms with Gasteiger partial charge < -0.3 is 14.8 Å². The van der Waals surface area contributed by atoms with Crippen LogP contribution in [0.1, 0.15) is 5.56 Å². The molecule has 0 bridgehead atoms. The molecule has 0 heterocycles. The Morgan fingerprint density at radius 2 is 1.84 bits per heavy atom. The van der Waals surface area contributed by atoms with E-state index in [0.717, 1.165) is 5.56 Å². The van der Waals surface area contributed by atoms with Crippen LogP contribution in [0.3, 0.4) is 0 Å². The molecule has 2 N–H and O–H groups in total. The van der Waals surface area contributed by atoms with Gasteiger partial charge >= 0.3 is 0 Å². The number of amides is 1. The normalized spacial score (nSPS) is 10.4. The van der Waals surface area contributed by atoms with Gasteiger partial charge in [0, 0.05) is 17.2 Å². The molecular weight excluding hydrogens is 360 g/mol. The molecule has 0 aliphatic heterocycles.